The number of aliphatic hydroxyl groups excluding tert-OH is 1. The molecule has 5 aromatic rings. The molecule has 16 heteroatoms. The molecule has 1 aliphatic rings. The molecule has 4 aromatic heterocycles. The molecule has 2 amide bonds. The number of nitrogens with one attached hydrogen (secondary N) is 2. The van der Waals surface area contributed by atoms with Crippen LogP contribution in [0.15, 0.2) is 59.7 Å². The summed E-state index contributed by atoms with van der Waals surface area (Å²) in [5.41, 5.74) is 3.97. The van der Waals surface area contributed by atoms with E-state index in [1.807, 2.05) is 18.2 Å². The van der Waals surface area contributed by atoms with Gasteiger partial charge in [-0.05, 0) is 37.6 Å². The second-order valence-electron chi connectivity index (χ2n) is 12.3. The van der Waals surface area contributed by atoms with Crippen LogP contribution >= 0.6 is 23.2 Å². The van der Waals surface area contributed by atoms with Gasteiger partial charge >= 0.3 is 6.09 Å². The van der Waals surface area contributed by atoms with Crippen LogP contribution in [0.25, 0.3) is 39.2 Å². The molecule has 0 aliphatic carbocycles. The largest absolute Gasteiger partial charge is 0.481 e. The molecule has 0 spiro atoms. The number of carbonyl (C=O) groups excluding carboxylic acids is 1. The molecule has 14 nitrogen and oxygen atoms in total. The number of carbonyl (C=O) groups is 2. The van der Waals surface area contributed by atoms with Crippen LogP contribution in [-0.4, -0.2) is 83.6 Å². The lowest BCUT2D eigenvalue weighted by Crippen LogP contribution is -2.41. The van der Waals surface area contributed by atoms with Gasteiger partial charge in [-0.2, -0.15) is 5.10 Å². The van der Waals surface area contributed by atoms with Crippen LogP contribution in [0.4, 0.5) is 4.79 Å². The van der Waals surface area contributed by atoms with Crippen LogP contribution in [-0.2, 0) is 24.9 Å². The van der Waals surface area contributed by atoms with Crippen molar-refractivity contribution < 1.29 is 24.5 Å². The predicted molar refractivity (Wildman–Crippen MR) is 192 cm³/mol. The van der Waals surface area contributed by atoms with Gasteiger partial charge in [-0.1, -0.05) is 41.4 Å². The Bertz CT molecular complexity index is 2190. The first-order chi connectivity index (χ1) is 24.4. The fourth-order valence-electron chi connectivity index (χ4n) is 6.05. The average molecular weight is 736 g/mol. The molecule has 266 valence electrons. The summed E-state index contributed by atoms with van der Waals surface area (Å²) in [6.07, 6.45) is 2.58. The van der Waals surface area contributed by atoms with E-state index in [4.69, 9.17) is 27.9 Å². The van der Waals surface area contributed by atoms with E-state index in [9.17, 15) is 24.6 Å². The molecule has 51 heavy (non-hydrogen) atoms. The van der Waals surface area contributed by atoms with Gasteiger partial charge in [0.15, 0.2) is 0 Å². The molecule has 0 saturated carbocycles. The van der Waals surface area contributed by atoms with Crippen molar-refractivity contribution in [2.45, 2.75) is 45.0 Å². The molecule has 0 bridgehead atoms. The maximum atomic E-state index is 13.2. The zero-order valence-electron chi connectivity index (χ0n) is 28.1. The highest BCUT2D eigenvalue weighted by molar-refractivity contribution is 6.39. The van der Waals surface area contributed by atoms with Crippen molar-refractivity contribution in [2.75, 3.05) is 20.2 Å². The number of amides is 2. The zero-order valence-corrected chi connectivity index (χ0v) is 29.6. The SMILES string of the molecule is COc1nc(-c2cccc(-c3ccnc(-c4cc5c(=O)n(C)c(CNC[C@H](C)O)nn5c4)c3Cl)c2Cl)ccc1CN(C[C@@H]1CCC(=O)N1)C(=O)O. The van der Waals surface area contributed by atoms with Crippen molar-refractivity contribution in [3.8, 4) is 39.5 Å². The molecule has 1 aliphatic heterocycles. The molecular formula is C35H36Cl2N8O6. The van der Waals surface area contributed by atoms with Crippen LogP contribution in [0.2, 0.25) is 10.0 Å². The quantitative estimate of drug-likeness (QED) is 0.144. The third-order valence-electron chi connectivity index (χ3n) is 8.67. The molecule has 5 heterocycles. The molecule has 6 rings (SSSR count). The number of halogens is 2. The summed E-state index contributed by atoms with van der Waals surface area (Å²) < 4.78 is 8.53. The lowest BCUT2D eigenvalue weighted by atomic mass is 10.00. The van der Waals surface area contributed by atoms with E-state index < -0.39 is 12.2 Å². The number of aliphatic hydroxyl groups is 1. The van der Waals surface area contributed by atoms with Crippen molar-refractivity contribution >= 4 is 40.7 Å². The third kappa shape index (κ3) is 7.54. The molecule has 0 radical (unpaired) electrons. The highest BCUT2D eigenvalue weighted by Gasteiger charge is 2.26. The highest BCUT2D eigenvalue weighted by Crippen LogP contribution is 2.42. The van der Waals surface area contributed by atoms with Crippen LogP contribution in [0.1, 0.15) is 31.2 Å². The van der Waals surface area contributed by atoms with Gasteiger partial charge in [0.2, 0.25) is 11.8 Å². The number of rotatable bonds is 12. The van der Waals surface area contributed by atoms with Gasteiger partial charge in [-0.25, -0.2) is 14.3 Å². The first-order valence-corrected chi connectivity index (χ1v) is 16.9. The van der Waals surface area contributed by atoms with Gasteiger partial charge in [0.25, 0.3) is 5.56 Å². The number of benzene rings is 1. The second-order valence-corrected chi connectivity index (χ2v) is 13.1. The van der Waals surface area contributed by atoms with Crippen molar-refractivity contribution in [1.82, 2.24) is 39.7 Å². The number of nitrogens with zero attached hydrogens (tertiary/aromatic N) is 6. The van der Waals surface area contributed by atoms with Crippen molar-refractivity contribution in [3.63, 3.8) is 0 Å². The molecular weight excluding hydrogens is 699 g/mol. The monoisotopic (exact) mass is 734 g/mol. The standard InChI is InChI=1S/C35H36Cl2N8O6/c1-19(46)14-38-15-28-42-45-17-21(13-27(45)34(48)43(28)2)32-31(37)24(11-12-39-32)23-5-4-6-25(30(23)36)26-9-7-20(33(41-26)51-3)16-44(35(49)50)18-22-8-10-29(47)40-22/h4-7,9,11-13,17,19,22,38,46H,8,10,14-16,18H2,1-3H3,(H,40,47)(H,49,50)/t19-,22-/m0/s1. The van der Waals surface area contributed by atoms with Crippen molar-refractivity contribution in [3.05, 3.63) is 86.6 Å². The van der Waals surface area contributed by atoms with Crippen molar-refractivity contribution in [2.24, 2.45) is 7.05 Å². The van der Waals surface area contributed by atoms with E-state index >= 15 is 0 Å². The predicted octanol–water partition coefficient (Wildman–Crippen LogP) is 4.37. The highest BCUT2D eigenvalue weighted by atomic mass is 35.5. The van der Waals surface area contributed by atoms with Gasteiger partial charge in [-0.3, -0.25) is 19.1 Å². The first kappa shape index (κ1) is 35.8. The molecule has 0 unspecified atom stereocenters. The summed E-state index contributed by atoms with van der Waals surface area (Å²) in [4.78, 5) is 47.3. The molecule has 1 aromatic carbocycles. The lowest BCUT2D eigenvalue weighted by Gasteiger charge is -2.23. The molecule has 1 fully saturated rings. The molecule has 1 saturated heterocycles. The number of methoxy groups -OCH3 is 1. The summed E-state index contributed by atoms with van der Waals surface area (Å²) in [6.45, 7) is 2.46. The third-order valence-corrected chi connectivity index (χ3v) is 9.46. The van der Waals surface area contributed by atoms with E-state index in [1.165, 1.54) is 21.1 Å². The Morgan fingerprint density at radius 3 is 2.63 bits per heavy atom. The summed E-state index contributed by atoms with van der Waals surface area (Å²) in [5.74, 6) is 0.638. The maximum Gasteiger partial charge on any atom is 0.407 e. The Kier molecular flexibility index (Phi) is 10.6. The van der Waals surface area contributed by atoms with Gasteiger partial charge < -0.3 is 30.5 Å². The van der Waals surface area contributed by atoms with E-state index in [0.29, 0.717) is 80.0 Å². The smallest absolute Gasteiger partial charge is 0.407 e. The van der Waals surface area contributed by atoms with Crippen LogP contribution in [0.5, 0.6) is 5.88 Å². The first-order valence-electron chi connectivity index (χ1n) is 16.2. The Hall–Kier alpha value is -5.02. The maximum absolute atomic E-state index is 13.2. The van der Waals surface area contributed by atoms with Crippen molar-refractivity contribution in [1.29, 1.82) is 0 Å². The zero-order chi connectivity index (χ0) is 36.4. The number of ether oxygens (including phenoxy) is 1. The van der Waals surface area contributed by atoms with E-state index in [1.54, 1.807) is 50.6 Å². The summed E-state index contributed by atoms with van der Waals surface area (Å²) >= 11 is 14.0. The normalized spacial score (nSPS) is 14.9. The fourth-order valence-corrected chi connectivity index (χ4v) is 6.70. The number of pyridine rings is 2. The Labute approximate surface area is 302 Å². The number of hydrogen-bond acceptors (Lipinski definition) is 9. The minimum Gasteiger partial charge on any atom is -0.481 e. The summed E-state index contributed by atoms with van der Waals surface area (Å²) in [6, 6.07) is 12.1. The molecule has 4 N–H and O–H groups in total. The lowest BCUT2D eigenvalue weighted by molar-refractivity contribution is -0.119. The topological polar surface area (TPSA) is 176 Å². The van der Waals surface area contributed by atoms with Gasteiger partial charge in [-0.15, -0.1) is 0 Å². The van der Waals surface area contributed by atoms with E-state index in [-0.39, 0.29) is 43.0 Å². The minimum absolute atomic E-state index is 0.0131. The summed E-state index contributed by atoms with van der Waals surface area (Å²) in [7, 11) is 3.10. The van der Waals surface area contributed by atoms with Gasteiger partial charge in [0.1, 0.15) is 11.3 Å². The average Bonchev–Trinajstić information content (AvgIpc) is 3.72. The van der Waals surface area contributed by atoms with Gasteiger partial charge in [0, 0.05) is 72.8 Å². The minimum atomic E-state index is -1.12. The summed E-state index contributed by atoms with van der Waals surface area (Å²) in [5, 5.41) is 30.6. The van der Waals surface area contributed by atoms with Crippen LogP contribution < -0.4 is 20.9 Å². The van der Waals surface area contributed by atoms with E-state index in [0.717, 1.165) is 0 Å². The van der Waals surface area contributed by atoms with Crippen LogP contribution in [0, 0.1) is 0 Å². The Balaban J connectivity index is 1.30. The number of fused-ring (bicyclic) bond motifs is 1. The molecule has 2 atom stereocenters. The van der Waals surface area contributed by atoms with E-state index in [2.05, 4.69) is 25.7 Å². The number of hydrogen-bond donors (Lipinski definition) is 4. The van der Waals surface area contributed by atoms with Crippen LogP contribution in [0.3, 0.4) is 0 Å². The Morgan fingerprint density at radius 1 is 1.16 bits per heavy atom. The fraction of sp³-hybridized carbons (Fsp3) is 0.314. The second kappa shape index (κ2) is 15.1. The van der Waals surface area contributed by atoms with Gasteiger partial charge in [0.05, 0.1) is 47.7 Å². The Morgan fingerprint density at radius 2 is 1.92 bits per heavy atom. The number of aromatic nitrogens is 5. The number of carboxylic acid groups (broad SMARTS) is 1.